The largest absolute Gasteiger partial charge is 0.316 e. The molecule has 2 heterocycles. The Kier molecular flexibility index (Phi) is 5.79. The van der Waals surface area contributed by atoms with Crippen LogP contribution in [0.3, 0.4) is 0 Å². The maximum atomic E-state index is 3.53. The van der Waals surface area contributed by atoms with E-state index < -0.39 is 0 Å². The van der Waals surface area contributed by atoms with E-state index in [-0.39, 0.29) is 0 Å². The van der Waals surface area contributed by atoms with Crippen LogP contribution in [-0.2, 0) is 0 Å². The van der Waals surface area contributed by atoms with Crippen molar-refractivity contribution < 1.29 is 0 Å². The van der Waals surface area contributed by atoms with Gasteiger partial charge in [-0.05, 0) is 77.5 Å². The lowest BCUT2D eigenvalue weighted by atomic mass is 9.94. The Bertz CT molecular complexity index is 199. The predicted octanol–water partition coefficient (Wildman–Crippen LogP) is 3.03. The van der Waals surface area contributed by atoms with Gasteiger partial charge in [-0.1, -0.05) is 12.8 Å². The van der Waals surface area contributed by atoms with Gasteiger partial charge >= 0.3 is 0 Å². The second kappa shape index (κ2) is 7.38. The van der Waals surface area contributed by atoms with Crippen LogP contribution >= 0.6 is 0 Å². The van der Waals surface area contributed by atoms with E-state index in [4.69, 9.17) is 0 Å². The number of hydrogen-bond donors (Lipinski definition) is 1. The number of nitrogens with one attached hydrogen (secondary N) is 1. The van der Waals surface area contributed by atoms with E-state index in [1.807, 2.05) is 0 Å². The first kappa shape index (κ1) is 13.4. The van der Waals surface area contributed by atoms with Crippen LogP contribution in [0, 0.1) is 5.92 Å². The first-order valence-corrected chi connectivity index (χ1v) is 7.81. The molecule has 0 saturated carbocycles. The molecule has 17 heavy (non-hydrogen) atoms. The standard InChI is InChI=1S/C15H30N2/c1-14-7-3-2-4-11-17(14)12-6-9-15-8-5-10-16-13-15/h14-16H,2-13H2,1H3. The summed E-state index contributed by atoms with van der Waals surface area (Å²) in [5, 5.41) is 3.53. The van der Waals surface area contributed by atoms with E-state index in [1.54, 1.807) is 0 Å². The maximum absolute atomic E-state index is 3.53. The zero-order chi connectivity index (χ0) is 11.9. The topological polar surface area (TPSA) is 15.3 Å². The highest BCUT2D eigenvalue weighted by Crippen LogP contribution is 2.19. The monoisotopic (exact) mass is 238 g/mol. The molecule has 0 radical (unpaired) electrons. The van der Waals surface area contributed by atoms with E-state index in [2.05, 4.69) is 17.1 Å². The number of likely N-dealkylation sites (tertiary alicyclic amines) is 1. The van der Waals surface area contributed by atoms with Gasteiger partial charge in [0.15, 0.2) is 0 Å². The van der Waals surface area contributed by atoms with Crippen LogP contribution < -0.4 is 5.32 Å². The Morgan fingerprint density at radius 3 is 2.88 bits per heavy atom. The van der Waals surface area contributed by atoms with Gasteiger partial charge in [-0.15, -0.1) is 0 Å². The molecule has 1 N–H and O–H groups in total. The zero-order valence-electron chi connectivity index (χ0n) is 11.6. The summed E-state index contributed by atoms with van der Waals surface area (Å²) >= 11 is 0. The molecule has 2 aliphatic rings. The molecule has 2 unspecified atom stereocenters. The maximum Gasteiger partial charge on any atom is 0.00669 e. The van der Waals surface area contributed by atoms with Crippen LogP contribution in [0.1, 0.15) is 58.3 Å². The van der Waals surface area contributed by atoms with E-state index >= 15 is 0 Å². The molecule has 2 heteroatoms. The van der Waals surface area contributed by atoms with Crippen molar-refractivity contribution in [1.82, 2.24) is 10.2 Å². The molecule has 0 bridgehead atoms. The normalized spacial score (nSPS) is 32.3. The quantitative estimate of drug-likeness (QED) is 0.810. The van der Waals surface area contributed by atoms with Crippen LogP contribution in [0.15, 0.2) is 0 Å². The average molecular weight is 238 g/mol. The first-order chi connectivity index (χ1) is 8.36. The van der Waals surface area contributed by atoms with Gasteiger partial charge in [-0.25, -0.2) is 0 Å². The van der Waals surface area contributed by atoms with E-state index in [0.717, 1.165) is 12.0 Å². The molecule has 2 aliphatic heterocycles. The molecule has 2 nitrogen and oxygen atoms in total. The molecular formula is C15H30N2. The molecule has 0 aliphatic carbocycles. The molecule has 2 rings (SSSR count). The Morgan fingerprint density at radius 1 is 1.12 bits per heavy atom. The molecule has 0 aromatic rings. The highest BCUT2D eigenvalue weighted by Gasteiger charge is 2.17. The smallest absolute Gasteiger partial charge is 0.00669 e. The molecule has 0 spiro atoms. The minimum absolute atomic E-state index is 0.835. The third kappa shape index (κ3) is 4.59. The summed E-state index contributed by atoms with van der Waals surface area (Å²) in [6.45, 7) is 7.64. The highest BCUT2D eigenvalue weighted by atomic mass is 15.1. The van der Waals surface area contributed by atoms with E-state index in [1.165, 1.54) is 77.5 Å². The third-order valence-corrected chi connectivity index (χ3v) is 4.65. The van der Waals surface area contributed by atoms with Gasteiger partial charge in [0.1, 0.15) is 0 Å². The summed E-state index contributed by atoms with van der Waals surface area (Å²) in [6.07, 6.45) is 11.5. The second-order valence-electron chi connectivity index (χ2n) is 6.09. The van der Waals surface area contributed by atoms with Gasteiger partial charge in [0, 0.05) is 6.04 Å². The Hall–Kier alpha value is -0.0800. The van der Waals surface area contributed by atoms with Crippen LogP contribution in [0.4, 0.5) is 0 Å². The van der Waals surface area contributed by atoms with Gasteiger partial charge in [-0.3, -0.25) is 0 Å². The third-order valence-electron chi connectivity index (χ3n) is 4.65. The predicted molar refractivity (Wildman–Crippen MR) is 74.3 cm³/mol. The van der Waals surface area contributed by atoms with E-state index in [9.17, 15) is 0 Å². The van der Waals surface area contributed by atoms with Crippen LogP contribution in [-0.4, -0.2) is 37.1 Å². The van der Waals surface area contributed by atoms with Crippen LogP contribution in [0.25, 0.3) is 0 Å². The minimum atomic E-state index is 0.835. The molecule has 0 amide bonds. The molecule has 0 aromatic heterocycles. The molecule has 100 valence electrons. The lowest BCUT2D eigenvalue weighted by Crippen LogP contribution is -2.34. The van der Waals surface area contributed by atoms with Crippen molar-refractivity contribution in [2.45, 2.75) is 64.3 Å². The van der Waals surface area contributed by atoms with Crippen molar-refractivity contribution in [3.8, 4) is 0 Å². The van der Waals surface area contributed by atoms with Crippen molar-refractivity contribution in [2.75, 3.05) is 26.2 Å². The van der Waals surface area contributed by atoms with Crippen molar-refractivity contribution in [1.29, 1.82) is 0 Å². The highest BCUT2D eigenvalue weighted by molar-refractivity contribution is 4.73. The molecule has 2 atom stereocenters. The van der Waals surface area contributed by atoms with Crippen molar-refractivity contribution in [3.63, 3.8) is 0 Å². The SMILES string of the molecule is CC1CCCCCN1CCCC1CCCNC1. The Labute approximate surface area is 107 Å². The fourth-order valence-corrected chi connectivity index (χ4v) is 3.42. The molecular weight excluding hydrogens is 208 g/mol. The van der Waals surface area contributed by atoms with E-state index in [0.29, 0.717) is 0 Å². The summed E-state index contributed by atoms with van der Waals surface area (Å²) < 4.78 is 0. The van der Waals surface area contributed by atoms with Crippen LogP contribution in [0.5, 0.6) is 0 Å². The Morgan fingerprint density at radius 2 is 2.06 bits per heavy atom. The van der Waals surface area contributed by atoms with Crippen LogP contribution in [0.2, 0.25) is 0 Å². The lowest BCUT2D eigenvalue weighted by molar-refractivity contribution is 0.202. The molecule has 2 fully saturated rings. The van der Waals surface area contributed by atoms with Gasteiger partial charge in [0.05, 0.1) is 0 Å². The van der Waals surface area contributed by atoms with Crippen molar-refractivity contribution in [3.05, 3.63) is 0 Å². The Balaban J connectivity index is 1.62. The summed E-state index contributed by atoms with van der Waals surface area (Å²) in [5.41, 5.74) is 0. The van der Waals surface area contributed by atoms with Gasteiger partial charge < -0.3 is 10.2 Å². The molecule has 0 aromatic carbocycles. The summed E-state index contributed by atoms with van der Waals surface area (Å²) in [5.74, 6) is 0.964. The first-order valence-electron chi connectivity index (χ1n) is 7.81. The van der Waals surface area contributed by atoms with Gasteiger partial charge in [0.2, 0.25) is 0 Å². The van der Waals surface area contributed by atoms with Crippen molar-refractivity contribution in [2.24, 2.45) is 5.92 Å². The molecule has 2 saturated heterocycles. The minimum Gasteiger partial charge on any atom is -0.316 e. The number of rotatable bonds is 4. The summed E-state index contributed by atoms with van der Waals surface area (Å²) in [4.78, 5) is 2.74. The number of hydrogen-bond acceptors (Lipinski definition) is 2. The second-order valence-corrected chi connectivity index (χ2v) is 6.09. The lowest BCUT2D eigenvalue weighted by Gasteiger charge is -2.28. The number of nitrogens with zero attached hydrogens (tertiary/aromatic N) is 1. The zero-order valence-corrected chi connectivity index (χ0v) is 11.6. The van der Waals surface area contributed by atoms with Crippen molar-refractivity contribution >= 4 is 0 Å². The van der Waals surface area contributed by atoms with Gasteiger partial charge in [-0.2, -0.15) is 0 Å². The summed E-state index contributed by atoms with van der Waals surface area (Å²) in [7, 11) is 0. The fourth-order valence-electron chi connectivity index (χ4n) is 3.42. The average Bonchev–Trinajstić information content (AvgIpc) is 2.56. The van der Waals surface area contributed by atoms with Gasteiger partial charge in [0.25, 0.3) is 0 Å². The number of piperidine rings is 1. The summed E-state index contributed by atoms with van der Waals surface area (Å²) in [6, 6.07) is 0.835. The fraction of sp³-hybridized carbons (Fsp3) is 1.00.